The van der Waals surface area contributed by atoms with E-state index in [0.717, 1.165) is 11.6 Å². The molecule has 0 aliphatic carbocycles. The SMILES string of the molecule is CCOc1cccc2cc(-c3nnc(NC(=O)Cc4ccc(S(C)(=O)=O)cc4)o3)oc12. The zero-order valence-electron chi connectivity index (χ0n) is 16.8. The number of sulfone groups is 1. The highest BCUT2D eigenvalue weighted by molar-refractivity contribution is 7.90. The lowest BCUT2D eigenvalue weighted by Crippen LogP contribution is -2.14. The van der Waals surface area contributed by atoms with E-state index in [4.69, 9.17) is 13.6 Å². The van der Waals surface area contributed by atoms with E-state index < -0.39 is 9.84 Å². The zero-order chi connectivity index (χ0) is 22.0. The van der Waals surface area contributed by atoms with E-state index in [1.807, 2.05) is 19.1 Å². The van der Waals surface area contributed by atoms with Crippen molar-refractivity contribution in [3.63, 3.8) is 0 Å². The molecule has 0 atom stereocenters. The fraction of sp³-hybridized carbons (Fsp3) is 0.190. The zero-order valence-corrected chi connectivity index (χ0v) is 17.6. The van der Waals surface area contributed by atoms with Crippen molar-refractivity contribution in [2.24, 2.45) is 0 Å². The van der Waals surface area contributed by atoms with Crippen LogP contribution >= 0.6 is 0 Å². The van der Waals surface area contributed by atoms with Gasteiger partial charge in [-0.25, -0.2) is 8.42 Å². The molecule has 2 aromatic heterocycles. The molecule has 0 aliphatic heterocycles. The number of para-hydroxylation sites is 1. The average molecular weight is 441 g/mol. The minimum Gasteiger partial charge on any atom is -0.490 e. The van der Waals surface area contributed by atoms with Crippen LogP contribution in [-0.4, -0.2) is 37.4 Å². The minimum atomic E-state index is -3.29. The molecular weight excluding hydrogens is 422 g/mol. The lowest BCUT2D eigenvalue weighted by Gasteiger charge is -2.03. The highest BCUT2D eigenvalue weighted by Crippen LogP contribution is 2.33. The van der Waals surface area contributed by atoms with Crippen LogP contribution in [0.1, 0.15) is 12.5 Å². The normalized spacial score (nSPS) is 11.5. The van der Waals surface area contributed by atoms with Crippen molar-refractivity contribution >= 4 is 32.7 Å². The standard InChI is InChI=1S/C21H19N3O6S/c1-3-28-16-6-4-5-14-12-17(29-19(14)16)20-23-24-21(30-20)22-18(25)11-13-7-9-15(10-8-13)31(2,26)27/h4-10,12H,3,11H2,1-2H3,(H,22,24,25). The van der Waals surface area contributed by atoms with Crippen molar-refractivity contribution in [2.75, 3.05) is 18.2 Å². The summed E-state index contributed by atoms with van der Waals surface area (Å²) in [6.07, 6.45) is 1.14. The highest BCUT2D eigenvalue weighted by Gasteiger charge is 2.17. The molecule has 0 radical (unpaired) electrons. The fourth-order valence-corrected chi connectivity index (χ4v) is 3.62. The molecule has 0 unspecified atom stereocenters. The second kappa shape index (κ2) is 8.23. The average Bonchev–Trinajstić information content (AvgIpc) is 3.35. The number of hydrogen-bond acceptors (Lipinski definition) is 8. The quantitative estimate of drug-likeness (QED) is 0.462. The van der Waals surface area contributed by atoms with E-state index in [9.17, 15) is 13.2 Å². The van der Waals surface area contributed by atoms with Crippen LogP contribution < -0.4 is 10.1 Å². The van der Waals surface area contributed by atoms with Gasteiger partial charge >= 0.3 is 6.01 Å². The number of carbonyl (C=O) groups excluding carboxylic acids is 1. The molecule has 0 bridgehead atoms. The van der Waals surface area contributed by atoms with Crippen molar-refractivity contribution in [1.29, 1.82) is 0 Å². The van der Waals surface area contributed by atoms with Gasteiger partial charge in [0.1, 0.15) is 0 Å². The minimum absolute atomic E-state index is 0.0180. The van der Waals surface area contributed by atoms with Crippen molar-refractivity contribution in [3.05, 3.63) is 54.1 Å². The van der Waals surface area contributed by atoms with Gasteiger partial charge in [-0.2, -0.15) is 0 Å². The molecule has 10 heteroatoms. The maximum absolute atomic E-state index is 12.3. The molecule has 2 aromatic carbocycles. The Morgan fingerprint density at radius 3 is 2.58 bits per heavy atom. The molecule has 0 fully saturated rings. The Kier molecular flexibility index (Phi) is 5.47. The largest absolute Gasteiger partial charge is 0.490 e. The number of hydrogen-bond donors (Lipinski definition) is 1. The summed E-state index contributed by atoms with van der Waals surface area (Å²) in [5.41, 5.74) is 1.21. The third-order valence-corrected chi connectivity index (χ3v) is 5.53. The van der Waals surface area contributed by atoms with Crippen LogP contribution in [0.5, 0.6) is 5.75 Å². The summed E-state index contributed by atoms with van der Waals surface area (Å²) in [7, 11) is -3.29. The number of anilines is 1. The van der Waals surface area contributed by atoms with Crippen molar-refractivity contribution < 1.29 is 26.8 Å². The van der Waals surface area contributed by atoms with Gasteiger partial charge < -0.3 is 13.6 Å². The smallest absolute Gasteiger partial charge is 0.322 e. The summed E-state index contributed by atoms with van der Waals surface area (Å²) in [4.78, 5) is 12.5. The Labute approximate surface area is 177 Å². The highest BCUT2D eigenvalue weighted by atomic mass is 32.2. The summed E-state index contributed by atoms with van der Waals surface area (Å²) in [6.45, 7) is 2.39. The first-order chi connectivity index (χ1) is 14.8. The van der Waals surface area contributed by atoms with Gasteiger partial charge in [-0.3, -0.25) is 10.1 Å². The van der Waals surface area contributed by atoms with E-state index in [1.165, 1.54) is 12.1 Å². The summed E-state index contributed by atoms with van der Waals surface area (Å²) in [5, 5.41) is 11.1. The molecule has 9 nitrogen and oxygen atoms in total. The Hall–Kier alpha value is -3.66. The Morgan fingerprint density at radius 1 is 1.10 bits per heavy atom. The van der Waals surface area contributed by atoms with Gasteiger partial charge in [0.05, 0.1) is 17.9 Å². The number of furan rings is 1. The van der Waals surface area contributed by atoms with E-state index in [0.29, 0.717) is 29.3 Å². The summed E-state index contributed by atoms with van der Waals surface area (Å²) in [5.74, 6) is 0.699. The number of fused-ring (bicyclic) bond motifs is 1. The Bertz CT molecular complexity index is 1340. The van der Waals surface area contributed by atoms with Gasteiger partial charge in [-0.1, -0.05) is 29.4 Å². The van der Waals surface area contributed by atoms with Gasteiger partial charge in [-0.15, -0.1) is 5.10 Å². The summed E-state index contributed by atoms with van der Waals surface area (Å²) >= 11 is 0. The number of nitrogens with zero attached hydrogens (tertiary/aromatic N) is 2. The third kappa shape index (κ3) is 4.58. The summed E-state index contributed by atoms with van der Waals surface area (Å²) in [6, 6.07) is 13.3. The molecule has 0 saturated carbocycles. The number of aromatic nitrogens is 2. The second-order valence-corrected chi connectivity index (χ2v) is 8.79. The first kappa shape index (κ1) is 20.6. The third-order valence-electron chi connectivity index (χ3n) is 4.41. The van der Waals surface area contributed by atoms with Gasteiger partial charge in [0.2, 0.25) is 5.91 Å². The molecule has 2 heterocycles. The van der Waals surface area contributed by atoms with Crippen LogP contribution in [-0.2, 0) is 21.1 Å². The topological polar surface area (TPSA) is 125 Å². The molecule has 4 aromatic rings. The number of carbonyl (C=O) groups is 1. The molecule has 1 N–H and O–H groups in total. The first-order valence-corrected chi connectivity index (χ1v) is 11.3. The molecular formula is C21H19N3O6S. The Balaban J connectivity index is 1.46. The van der Waals surface area contributed by atoms with Crippen LogP contribution in [0.3, 0.4) is 0 Å². The molecule has 31 heavy (non-hydrogen) atoms. The number of amides is 1. The van der Waals surface area contributed by atoms with Crippen LogP contribution in [0.25, 0.3) is 22.6 Å². The molecule has 0 aliphatic rings. The van der Waals surface area contributed by atoms with Gasteiger partial charge in [0.15, 0.2) is 26.9 Å². The molecule has 1 amide bonds. The fourth-order valence-electron chi connectivity index (χ4n) is 2.99. The van der Waals surface area contributed by atoms with Crippen molar-refractivity contribution in [3.8, 4) is 17.4 Å². The second-order valence-electron chi connectivity index (χ2n) is 6.77. The number of benzene rings is 2. The number of ether oxygens (including phenoxy) is 1. The molecule has 160 valence electrons. The maximum atomic E-state index is 12.3. The first-order valence-electron chi connectivity index (χ1n) is 9.41. The number of rotatable bonds is 7. The monoisotopic (exact) mass is 441 g/mol. The van der Waals surface area contributed by atoms with Gasteiger partial charge in [-0.05, 0) is 36.8 Å². The molecule has 0 saturated heterocycles. The summed E-state index contributed by atoms with van der Waals surface area (Å²) < 4.78 is 39.9. The van der Waals surface area contributed by atoms with Crippen LogP contribution in [0.15, 0.2) is 62.3 Å². The van der Waals surface area contributed by atoms with Gasteiger partial charge in [0, 0.05) is 11.6 Å². The predicted octanol–water partition coefficient (Wildman–Crippen LogP) is 3.47. The van der Waals surface area contributed by atoms with Gasteiger partial charge in [0.25, 0.3) is 5.89 Å². The van der Waals surface area contributed by atoms with Crippen LogP contribution in [0, 0.1) is 0 Å². The Morgan fingerprint density at radius 2 is 1.87 bits per heavy atom. The van der Waals surface area contributed by atoms with Crippen molar-refractivity contribution in [1.82, 2.24) is 10.2 Å². The van der Waals surface area contributed by atoms with Crippen LogP contribution in [0.4, 0.5) is 6.01 Å². The predicted molar refractivity (Wildman–Crippen MR) is 113 cm³/mol. The van der Waals surface area contributed by atoms with Crippen molar-refractivity contribution in [2.45, 2.75) is 18.2 Å². The lowest BCUT2D eigenvalue weighted by atomic mass is 10.1. The van der Waals surface area contributed by atoms with E-state index >= 15 is 0 Å². The molecule has 0 spiro atoms. The molecule has 4 rings (SSSR count). The number of nitrogens with one attached hydrogen (secondary N) is 1. The maximum Gasteiger partial charge on any atom is 0.322 e. The van der Waals surface area contributed by atoms with E-state index in [2.05, 4.69) is 15.5 Å². The lowest BCUT2D eigenvalue weighted by molar-refractivity contribution is -0.115. The van der Waals surface area contributed by atoms with E-state index in [-0.39, 0.29) is 29.1 Å². The van der Waals surface area contributed by atoms with Crippen LogP contribution in [0.2, 0.25) is 0 Å². The van der Waals surface area contributed by atoms with E-state index in [1.54, 1.807) is 24.3 Å².